The van der Waals surface area contributed by atoms with Crippen LogP contribution in [0.3, 0.4) is 0 Å². The van der Waals surface area contributed by atoms with Crippen LogP contribution < -0.4 is 5.73 Å². The fraction of sp³-hybridized carbons (Fsp3) is 0.538. The number of halogens is 4. The Morgan fingerprint density at radius 1 is 1.16 bits per heavy atom. The molecule has 1 saturated heterocycles. The maximum absolute atomic E-state index is 12.9. The average molecular weight is 296 g/mol. The Kier molecular flexibility index (Phi) is 5.64. The normalized spacial score (nSPS) is 18.7. The third-order valence-corrected chi connectivity index (χ3v) is 3.40. The molecule has 1 fully saturated rings. The predicted octanol–water partition coefficient (Wildman–Crippen LogP) is 3.55. The van der Waals surface area contributed by atoms with Crippen molar-refractivity contribution >= 4 is 12.4 Å². The summed E-state index contributed by atoms with van der Waals surface area (Å²) < 4.78 is 43.9. The van der Waals surface area contributed by atoms with Gasteiger partial charge in [-0.15, -0.1) is 12.4 Å². The van der Waals surface area contributed by atoms with Gasteiger partial charge in [-0.2, -0.15) is 13.2 Å². The van der Waals surface area contributed by atoms with Crippen molar-refractivity contribution in [2.75, 3.05) is 13.2 Å². The van der Waals surface area contributed by atoms with Crippen molar-refractivity contribution in [3.63, 3.8) is 0 Å². The highest BCUT2D eigenvalue weighted by Gasteiger charge is 2.36. The average Bonchev–Trinajstić information content (AvgIpc) is 2.38. The fourth-order valence-electron chi connectivity index (χ4n) is 2.37. The minimum Gasteiger partial charge on any atom is -0.381 e. The molecule has 1 aliphatic heterocycles. The Balaban J connectivity index is 0.00000180. The number of hydrogen-bond donors (Lipinski definition) is 1. The Morgan fingerprint density at radius 3 is 2.32 bits per heavy atom. The van der Waals surface area contributed by atoms with Crippen LogP contribution in [0, 0.1) is 5.92 Å². The van der Waals surface area contributed by atoms with Crippen LogP contribution in [0.15, 0.2) is 24.3 Å². The summed E-state index contributed by atoms with van der Waals surface area (Å²) in [6.07, 6.45) is -2.92. The molecule has 0 bridgehead atoms. The fourth-order valence-corrected chi connectivity index (χ4v) is 2.37. The Morgan fingerprint density at radius 2 is 1.74 bits per heavy atom. The predicted molar refractivity (Wildman–Crippen MR) is 69.2 cm³/mol. The zero-order valence-electron chi connectivity index (χ0n) is 10.3. The van der Waals surface area contributed by atoms with E-state index in [4.69, 9.17) is 10.5 Å². The largest absolute Gasteiger partial charge is 0.416 e. The van der Waals surface area contributed by atoms with Gasteiger partial charge in [0.2, 0.25) is 0 Å². The van der Waals surface area contributed by atoms with Crippen LogP contribution in [0.1, 0.15) is 30.0 Å². The second-order valence-electron chi connectivity index (χ2n) is 4.56. The maximum atomic E-state index is 12.9. The molecule has 1 aromatic rings. The summed E-state index contributed by atoms with van der Waals surface area (Å²) in [5.74, 6) is 0.0576. The van der Waals surface area contributed by atoms with Crippen LogP contribution in [-0.2, 0) is 10.9 Å². The monoisotopic (exact) mass is 295 g/mol. The van der Waals surface area contributed by atoms with E-state index in [9.17, 15) is 13.2 Å². The number of ether oxygens (including phenoxy) is 1. The van der Waals surface area contributed by atoms with E-state index in [1.165, 1.54) is 12.1 Å². The first-order valence-corrected chi connectivity index (χ1v) is 5.99. The first-order chi connectivity index (χ1) is 8.50. The molecule has 2 N–H and O–H groups in total. The minimum absolute atomic E-state index is 0. The van der Waals surface area contributed by atoms with Crippen molar-refractivity contribution in [2.45, 2.75) is 25.1 Å². The van der Waals surface area contributed by atoms with Crippen molar-refractivity contribution in [3.8, 4) is 0 Å². The second kappa shape index (κ2) is 6.59. The van der Waals surface area contributed by atoms with E-state index in [1.54, 1.807) is 6.07 Å². The molecule has 2 nitrogen and oxygen atoms in total. The molecule has 0 radical (unpaired) electrons. The smallest absolute Gasteiger partial charge is 0.381 e. The van der Waals surface area contributed by atoms with E-state index in [2.05, 4.69) is 0 Å². The molecule has 1 heterocycles. The van der Waals surface area contributed by atoms with Crippen LogP contribution in [0.25, 0.3) is 0 Å². The van der Waals surface area contributed by atoms with Crippen molar-refractivity contribution in [1.29, 1.82) is 0 Å². The van der Waals surface area contributed by atoms with Crippen LogP contribution in [0.4, 0.5) is 13.2 Å². The number of nitrogens with two attached hydrogens (primary N) is 1. The second-order valence-corrected chi connectivity index (χ2v) is 4.56. The molecule has 0 spiro atoms. The lowest BCUT2D eigenvalue weighted by Crippen LogP contribution is -2.29. The molecule has 0 aromatic heterocycles. The molecule has 1 aromatic carbocycles. The standard InChI is InChI=1S/C13H16F3NO.ClH/c14-13(15,16)11-4-2-1-3-10(11)12(17)9-5-7-18-8-6-9;/h1-4,9,12H,5-8,17H2;1H/t12-;/m1./s1. The first-order valence-electron chi connectivity index (χ1n) is 5.99. The molecule has 0 aliphatic carbocycles. The summed E-state index contributed by atoms with van der Waals surface area (Å²) in [5.41, 5.74) is 5.58. The molecular weight excluding hydrogens is 279 g/mol. The van der Waals surface area contributed by atoms with E-state index >= 15 is 0 Å². The van der Waals surface area contributed by atoms with Gasteiger partial charge in [-0.25, -0.2) is 0 Å². The van der Waals surface area contributed by atoms with Crippen LogP contribution in [0.2, 0.25) is 0 Å². The van der Waals surface area contributed by atoms with E-state index in [0.29, 0.717) is 26.1 Å². The van der Waals surface area contributed by atoms with Gasteiger partial charge < -0.3 is 10.5 Å². The van der Waals surface area contributed by atoms with E-state index in [0.717, 1.165) is 6.07 Å². The lowest BCUT2D eigenvalue weighted by atomic mass is 9.85. The summed E-state index contributed by atoms with van der Waals surface area (Å²) in [5, 5.41) is 0. The molecule has 1 atom stereocenters. The van der Waals surface area contributed by atoms with E-state index in [1.807, 2.05) is 0 Å². The van der Waals surface area contributed by atoms with E-state index in [-0.39, 0.29) is 23.9 Å². The first kappa shape index (κ1) is 16.3. The van der Waals surface area contributed by atoms with Gasteiger partial charge in [-0.1, -0.05) is 18.2 Å². The van der Waals surface area contributed by atoms with Crippen molar-refractivity contribution in [3.05, 3.63) is 35.4 Å². The molecule has 108 valence electrons. The quantitative estimate of drug-likeness (QED) is 0.905. The van der Waals surface area contributed by atoms with E-state index < -0.39 is 17.8 Å². The van der Waals surface area contributed by atoms with Gasteiger partial charge in [0.25, 0.3) is 0 Å². The highest BCUT2D eigenvalue weighted by atomic mass is 35.5. The van der Waals surface area contributed by atoms with Gasteiger partial charge in [0.1, 0.15) is 0 Å². The number of hydrogen-bond acceptors (Lipinski definition) is 2. The van der Waals surface area contributed by atoms with Crippen LogP contribution in [0.5, 0.6) is 0 Å². The Hall–Kier alpha value is -0.780. The lowest BCUT2D eigenvalue weighted by molar-refractivity contribution is -0.138. The van der Waals surface area contributed by atoms with Gasteiger partial charge >= 0.3 is 6.18 Å². The van der Waals surface area contributed by atoms with Gasteiger partial charge in [-0.05, 0) is 30.4 Å². The number of alkyl halides is 3. The van der Waals surface area contributed by atoms with Crippen LogP contribution >= 0.6 is 12.4 Å². The third-order valence-electron chi connectivity index (χ3n) is 3.40. The molecule has 0 saturated carbocycles. The van der Waals surface area contributed by atoms with Crippen LogP contribution in [-0.4, -0.2) is 13.2 Å². The molecule has 6 heteroatoms. The van der Waals surface area contributed by atoms with Crippen molar-refractivity contribution in [2.24, 2.45) is 11.7 Å². The van der Waals surface area contributed by atoms with Crippen molar-refractivity contribution in [1.82, 2.24) is 0 Å². The summed E-state index contributed by atoms with van der Waals surface area (Å²) in [4.78, 5) is 0. The maximum Gasteiger partial charge on any atom is 0.416 e. The van der Waals surface area contributed by atoms with Gasteiger partial charge in [0.15, 0.2) is 0 Å². The molecular formula is C13H17ClF3NO. The molecule has 0 amide bonds. The zero-order valence-corrected chi connectivity index (χ0v) is 11.1. The van der Waals surface area contributed by atoms with Gasteiger partial charge in [0, 0.05) is 19.3 Å². The Bertz CT molecular complexity index is 405. The molecule has 2 rings (SSSR count). The van der Waals surface area contributed by atoms with Gasteiger partial charge in [-0.3, -0.25) is 0 Å². The highest BCUT2D eigenvalue weighted by molar-refractivity contribution is 5.85. The third kappa shape index (κ3) is 3.84. The number of rotatable bonds is 2. The lowest BCUT2D eigenvalue weighted by Gasteiger charge is -2.29. The molecule has 1 aliphatic rings. The topological polar surface area (TPSA) is 35.2 Å². The summed E-state index contributed by atoms with van der Waals surface area (Å²) in [6, 6.07) is 4.98. The van der Waals surface area contributed by atoms with Crippen molar-refractivity contribution < 1.29 is 17.9 Å². The minimum atomic E-state index is -4.35. The summed E-state index contributed by atoms with van der Waals surface area (Å²) in [7, 11) is 0. The SMILES string of the molecule is Cl.N[C@@H](c1ccccc1C(F)(F)F)C1CCOCC1. The molecule has 0 unspecified atom stereocenters. The highest BCUT2D eigenvalue weighted by Crippen LogP contribution is 2.37. The van der Waals surface area contributed by atoms with Gasteiger partial charge in [0.05, 0.1) is 5.56 Å². The zero-order chi connectivity index (χ0) is 13.2. The molecule has 19 heavy (non-hydrogen) atoms. The Labute approximate surface area is 116 Å². The number of benzene rings is 1. The summed E-state index contributed by atoms with van der Waals surface area (Å²) >= 11 is 0. The summed E-state index contributed by atoms with van der Waals surface area (Å²) in [6.45, 7) is 1.15.